The Bertz CT molecular complexity index is 853. The molecule has 5 unspecified atom stereocenters. The predicted molar refractivity (Wildman–Crippen MR) is 113 cm³/mol. The maximum absolute atomic E-state index is 12.7. The first-order valence-corrected chi connectivity index (χ1v) is 11.3. The Morgan fingerprint density at radius 3 is 2.61 bits per heavy atom. The first-order valence-electron chi connectivity index (χ1n) is 10.0. The highest BCUT2D eigenvalue weighted by Gasteiger charge is 2.42. The molecule has 2 aromatic rings. The second-order valence-electron chi connectivity index (χ2n) is 8.27. The lowest BCUT2D eigenvalue weighted by Gasteiger charge is -2.29. The monoisotopic (exact) mass is 418 g/mol. The third-order valence-electron chi connectivity index (χ3n) is 6.39. The molecule has 1 heterocycles. The molecular formula is C21H27ClN4OS. The zero-order valence-electron chi connectivity index (χ0n) is 16.6. The Morgan fingerprint density at radius 2 is 1.96 bits per heavy atom. The summed E-state index contributed by atoms with van der Waals surface area (Å²) in [6.07, 6.45) is 5.37. The molecule has 0 aliphatic heterocycles. The van der Waals surface area contributed by atoms with Crippen LogP contribution in [0, 0.1) is 17.8 Å². The van der Waals surface area contributed by atoms with Crippen LogP contribution in [0.1, 0.15) is 39.5 Å². The van der Waals surface area contributed by atoms with Crippen LogP contribution in [0.25, 0.3) is 11.4 Å². The molecule has 4 rings (SSSR count). The molecule has 150 valence electrons. The number of nitrogens with one attached hydrogen (secondary N) is 1. The van der Waals surface area contributed by atoms with E-state index in [9.17, 15) is 4.79 Å². The van der Waals surface area contributed by atoms with Crippen molar-refractivity contribution in [2.24, 2.45) is 24.8 Å². The van der Waals surface area contributed by atoms with Crippen molar-refractivity contribution in [3.05, 3.63) is 29.3 Å². The third-order valence-corrected chi connectivity index (χ3v) is 7.78. The van der Waals surface area contributed by atoms with E-state index >= 15 is 0 Å². The number of carbonyl (C=O) groups excluding carboxylic acids is 1. The van der Waals surface area contributed by atoms with Gasteiger partial charge in [0.1, 0.15) is 0 Å². The normalized spacial score (nSPS) is 25.6. The van der Waals surface area contributed by atoms with Crippen molar-refractivity contribution >= 4 is 29.3 Å². The summed E-state index contributed by atoms with van der Waals surface area (Å²) < 4.78 is 1.93. The molecule has 0 saturated heterocycles. The minimum absolute atomic E-state index is 0.0799. The number of rotatable bonds is 6. The number of aromatic nitrogens is 3. The summed E-state index contributed by atoms with van der Waals surface area (Å²) in [6, 6.07) is 7.77. The topological polar surface area (TPSA) is 59.8 Å². The smallest absolute Gasteiger partial charge is 0.233 e. The number of halogens is 1. The van der Waals surface area contributed by atoms with E-state index in [1.165, 1.54) is 37.4 Å². The summed E-state index contributed by atoms with van der Waals surface area (Å²) >= 11 is 7.41. The molecule has 2 bridgehead atoms. The standard InChI is InChI=1S/C21H27ClN4OS/c1-12(18-11-14-4-5-16(18)10-14)23-20(27)13(2)28-21-25-24-19(26(21)3)15-6-8-17(22)9-7-15/h6-9,12-14,16,18H,4-5,10-11H2,1-3H3,(H,23,27). The van der Waals surface area contributed by atoms with E-state index in [0.717, 1.165) is 28.4 Å². The van der Waals surface area contributed by atoms with Crippen molar-refractivity contribution in [1.82, 2.24) is 20.1 Å². The summed E-state index contributed by atoms with van der Waals surface area (Å²) in [4.78, 5) is 12.7. The van der Waals surface area contributed by atoms with Crippen LogP contribution in [0.5, 0.6) is 0 Å². The first-order chi connectivity index (χ1) is 13.4. The molecule has 28 heavy (non-hydrogen) atoms. The lowest BCUT2D eigenvalue weighted by molar-refractivity contribution is -0.121. The van der Waals surface area contributed by atoms with Gasteiger partial charge in [-0.15, -0.1) is 10.2 Å². The number of hydrogen-bond acceptors (Lipinski definition) is 4. The number of hydrogen-bond donors (Lipinski definition) is 1. The van der Waals surface area contributed by atoms with E-state index in [0.29, 0.717) is 10.9 Å². The van der Waals surface area contributed by atoms with Crippen LogP contribution in [0.4, 0.5) is 0 Å². The van der Waals surface area contributed by atoms with Crippen LogP contribution < -0.4 is 5.32 Å². The minimum Gasteiger partial charge on any atom is -0.352 e. The summed E-state index contributed by atoms with van der Waals surface area (Å²) in [5.41, 5.74) is 0.952. The van der Waals surface area contributed by atoms with Gasteiger partial charge in [-0.25, -0.2) is 0 Å². The van der Waals surface area contributed by atoms with E-state index in [2.05, 4.69) is 22.4 Å². The van der Waals surface area contributed by atoms with Crippen LogP contribution in [0.3, 0.4) is 0 Å². The van der Waals surface area contributed by atoms with Gasteiger partial charge in [0.25, 0.3) is 0 Å². The molecule has 2 aliphatic carbocycles. The van der Waals surface area contributed by atoms with Crippen LogP contribution in [0.15, 0.2) is 29.4 Å². The summed E-state index contributed by atoms with van der Waals surface area (Å²) in [5, 5.41) is 13.0. The Labute approximate surface area is 175 Å². The molecule has 5 nitrogen and oxygen atoms in total. The summed E-state index contributed by atoms with van der Waals surface area (Å²) in [6.45, 7) is 4.10. The van der Waals surface area contributed by atoms with Crippen molar-refractivity contribution in [2.75, 3.05) is 0 Å². The molecule has 7 heteroatoms. The molecule has 2 aliphatic rings. The molecule has 5 atom stereocenters. The van der Waals surface area contributed by atoms with Gasteiger partial charge in [0.05, 0.1) is 5.25 Å². The van der Waals surface area contributed by atoms with Crippen molar-refractivity contribution in [2.45, 2.75) is 56.0 Å². The first kappa shape index (κ1) is 19.8. The Balaban J connectivity index is 1.37. The zero-order chi connectivity index (χ0) is 19.8. The lowest BCUT2D eigenvalue weighted by atomic mass is 9.84. The number of nitrogens with zero attached hydrogens (tertiary/aromatic N) is 3. The Kier molecular flexibility index (Phi) is 5.70. The highest BCUT2D eigenvalue weighted by Crippen LogP contribution is 2.49. The van der Waals surface area contributed by atoms with E-state index in [1.807, 2.05) is 42.8 Å². The van der Waals surface area contributed by atoms with Crippen LogP contribution in [-0.4, -0.2) is 32.0 Å². The van der Waals surface area contributed by atoms with Gasteiger partial charge < -0.3 is 9.88 Å². The van der Waals surface area contributed by atoms with Crippen molar-refractivity contribution < 1.29 is 4.79 Å². The van der Waals surface area contributed by atoms with Gasteiger partial charge in [-0.2, -0.15) is 0 Å². The Hall–Kier alpha value is -1.53. The fraction of sp³-hybridized carbons (Fsp3) is 0.571. The second-order valence-corrected chi connectivity index (χ2v) is 10.0. The number of carbonyl (C=O) groups is 1. The molecule has 0 radical (unpaired) electrons. The highest BCUT2D eigenvalue weighted by molar-refractivity contribution is 8.00. The van der Waals surface area contributed by atoms with Gasteiger partial charge in [0.15, 0.2) is 11.0 Å². The average Bonchev–Trinajstić information content (AvgIpc) is 3.39. The number of fused-ring (bicyclic) bond motifs is 2. The quantitative estimate of drug-likeness (QED) is 0.698. The highest BCUT2D eigenvalue weighted by atomic mass is 35.5. The molecule has 1 aromatic carbocycles. The lowest BCUT2D eigenvalue weighted by Crippen LogP contribution is -2.43. The number of amides is 1. The average molecular weight is 419 g/mol. The maximum atomic E-state index is 12.7. The van der Waals surface area contributed by atoms with Crippen LogP contribution >= 0.6 is 23.4 Å². The summed E-state index contributed by atoms with van der Waals surface area (Å²) in [7, 11) is 1.93. The molecule has 2 fully saturated rings. The van der Waals surface area contributed by atoms with E-state index in [-0.39, 0.29) is 17.2 Å². The molecule has 1 N–H and O–H groups in total. The van der Waals surface area contributed by atoms with Crippen molar-refractivity contribution in [3.8, 4) is 11.4 Å². The van der Waals surface area contributed by atoms with Gasteiger partial charge in [-0.1, -0.05) is 29.8 Å². The molecule has 1 aromatic heterocycles. The van der Waals surface area contributed by atoms with Gasteiger partial charge in [0, 0.05) is 23.7 Å². The fourth-order valence-corrected chi connectivity index (χ4v) is 5.78. The number of benzene rings is 1. The molecule has 0 spiro atoms. The SMILES string of the molecule is CC(Sc1nnc(-c2ccc(Cl)cc2)n1C)C(=O)NC(C)C1CC2CCC1C2. The maximum Gasteiger partial charge on any atom is 0.233 e. The van der Waals surface area contributed by atoms with Crippen molar-refractivity contribution in [1.29, 1.82) is 0 Å². The zero-order valence-corrected chi connectivity index (χ0v) is 18.1. The van der Waals surface area contributed by atoms with E-state index < -0.39 is 0 Å². The summed E-state index contributed by atoms with van der Waals surface area (Å²) in [5.74, 6) is 3.19. The van der Waals surface area contributed by atoms with Crippen molar-refractivity contribution in [3.63, 3.8) is 0 Å². The third kappa shape index (κ3) is 3.94. The second kappa shape index (κ2) is 8.07. The predicted octanol–water partition coefficient (Wildman–Crippen LogP) is 4.56. The van der Waals surface area contributed by atoms with Crippen LogP contribution in [0.2, 0.25) is 5.02 Å². The van der Waals surface area contributed by atoms with Gasteiger partial charge in [-0.3, -0.25) is 4.79 Å². The largest absolute Gasteiger partial charge is 0.352 e. The van der Waals surface area contributed by atoms with E-state index in [4.69, 9.17) is 11.6 Å². The fourth-order valence-electron chi connectivity index (χ4n) is 4.83. The van der Waals surface area contributed by atoms with Gasteiger partial charge >= 0.3 is 0 Å². The van der Waals surface area contributed by atoms with Crippen LogP contribution in [-0.2, 0) is 11.8 Å². The van der Waals surface area contributed by atoms with Gasteiger partial charge in [0.2, 0.25) is 5.91 Å². The van der Waals surface area contributed by atoms with Gasteiger partial charge in [-0.05, 0) is 75.1 Å². The number of thioether (sulfide) groups is 1. The molecular weight excluding hydrogens is 392 g/mol. The molecule has 2 saturated carbocycles. The minimum atomic E-state index is -0.220. The van der Waals surface area contributed by atoms with E-state index in [1.54, 1.807) is 0 Å². The Morgan fingerprint density at radius 1 is 1.21 bits per heavy atom. The molecule has 1 amide bonds.